The predicted molar refractivity (Wildman–Crippen MR) is 60.6 cm³/mol. The molecule has 96 valence electrons. The van der Waals surface area contributed by atoms with E-state index in [-0.39, 0.29) is 10.7 Å². The Labute approximate surface area is 106 Å². The molecule has 0 heterocycles. The van der Waals surface area contributed by atoms with Crippen LogP contribution in [-0.4, -0.2) is 18.9 Å². The second-order valence-electron chi connectivity index (χ2n) is 3.50. The van der Waals surface area contributed by atoms with Crippen LogP contribution in [0.15, 0.2) is 12.1 Å². The van der Waals surface area contributed by atoms with E-state index in [1.165, 1.54) is 12.1 Å². The Morgan fingerprint density at radius 2 is 1.82 bits per heavy atom. The Bertz CT molecular complexity index is 410. The number of nitrogens with one attached hydrogen (secondary N) is 1. The van der Waals surface area contributed by atoms with Crippen LogP contribution in [0.2, 0.25) is 10.0 Å². The third-order valence-electron chi connectivity index (χ3n) is 2.08. The van der Waals surface area contributed by atoms with Crippen molar-refractivity contribution in [2.75, 3.05) is 11.9 Å². The smallest absolute Gasteiger partial charge is 0.324 e. The van der Waals surface area contributed by atoms with Gasteiger partial charge in [0.15, 0.2) is 0 Å². The van der Waals surface area contributed by atoms with Crippen LogP contribution < -0.4 is 5.32 Å². The van der Waals surface area contributed by atoms with E-state index in [4.69, 9.17) is 23.2 Å². The summed E-state index contributed by atoms with van der Waals surface area (Å²) in [5.74, 6) is -4.11. The highest BCUT2D eigenvalue weighted by Crippen LogP contribution is 2.30. The van der Waals surface area contributed by atoms with E-state index in [2.05, 4.69) is 5.32 Å². The predicted octanol–water partition coefficient (Wildman–Crippen LogP) is 4.61. The molecule has 1 rings (SSSR count). The average molecular weight is 290 g/mol. The first-order valence-electron chi connectivity index (χ1n) is 4.59. The molecule has 1 nitrogen and oxygen atoms in total. The molecular formula is C10H9Cl2F4N. The second-order valence-corrected chi connectivity index (χ2v) is 4.31. The maximum absolute atomic E-state index is 12.7. The molecular weight excluding hydrogens is 281 g/mol. The van der Waals surface area contributed by atoms with Gasteiger partial charge in [-0.3, -0.25) is 0 Å². The molecule has 0 aliphatic rings. The van der Waals surface area contributed by atoms with E-state index < -0.39 is 18.9 Å². The summed E-state index contributed by atoms with van der Waals surface area (Å²) in [4.78, 5) is 0. The van der Waals surface area contributed by atoms with Crippen LogP contribution in [0.3, 0.4) is 0 Å². The maximum atomic E-state index is 12.7. The molecule has 0 fully saturated rings. The van der Waals surface area contributed by atoms with Gasteiger partial charge < -0.3 is 5.32 Å². The quantitative estimate of drug-likeness (QED) is 0.798. The first-order chi connectivity index (χ1) is 7.74. The Morgan fingerprint density at radius 3 is 2.35 bits per heavy atom. The summed E-state index contributed by atoms with van der Waals surface area (Å²) in [6, 6.07) is 2.79. The number of benzene rings is 1. The van der Waals surface area contributed by atoms with Crippen molar-refractivity contribution < 1.29 is 17.6 Å². The molecule has 0 bridgehead atoms. The number of halogens is 6. The van der Waals surface area contributed by atoms with Crippen molar-refractivity contribution in [3.8, 4) is 0 Å². The van der Waals surface area contributed by atoms with Crippen LogP contribution in [0.4, 0.5) is 23.2 Å². The molecule has 17 heavy (non-hydrogen) atoms. The van der Waals surface area contributed by atoms with E-state index in [0.29, 0.717) is 10.6 Å². The summed E-state index contributed by atoms with van der Waals surface area (Å²) in [5, 5.41) is 2.62. The van der Waals surface area contributed by atoms with Crippen LogP contribution in [0.1, 0.15) is 5.56 Å². The first kappa shape index (κ1) is 14.4. The van der Waals surface area contributed by atoms with Gasteiger partial charge in [-0.1, -0.05) is 23.2 Å². The Hall–Kier alpha value is -0.680. The van der Waals surface area contributed by atoms with Gasteiger partial charge in [-0.25, -0.2) is 8.78 Å². The van der Waals surface area contributed by atoms with Crippen molar-refractivity contribution in [1.29, 1.82) is 0 Å². The number of alkyl halides is 4. The summed E-state index contributed by atoms with van der Waals surface area (Å²) in [5.41, 5.74) is 0.769. The molecule has 0 atom stereocenters. The lowest BCUT2D eigenvalue weighted by atomic mass is 10.2. The fourth-order valence-electron chi connectivity index (χ4n) is 1.07. The highest BCUT2D eigenvalue weighted by atomic mass is 35.5. The van der Waals surface area contributed by atoms with Crippen LogP contribution in [0.5, 0.6) is 0 Å². The van der Waals surface area contributed by atoms with Gasteiger partial charge in [0.05, 0.1) is 17.3 Å². The minimum Gasteiger partial charge on any atom is -0.378 e. The molecule has 0 aliphatic carbocycles. The molecule has 7 heteroatoms. The number of hydrogen-bond acceptors (Lipinski definition) is 1. The first-order valence-corrected chi connectivity index (χ1v) is 5.35. The summed E-state index contributed by atoms with van der Waals surface area (Å²) in [6.07, 6.45) is -3.73. The third-order valence-corrected chi connectivity index (χ3v) is 2.80. The van der Waals surface area contributed by atoms with Crippen molar-refractivity contribution in [3.05, 3.63) is 27.7 Å². The fraction of sp³-hybridized carbons (Fsp3) is 0.400. The lowest BCUT2D eigenvalue weighted by Gasteiger charge is -2.17. The lowest BCUT2D eigenvalue weighted by Crippen LogP contribution is -2.34. The largest absolute Gasteiger partial charge is 0.378 e. The molecule has 0 aliphatic heterocycles. The van der Waals surface area contributed by atoms with E-state index in [1.54, 1.807) is 6.92 Å². The van der Waals surface area contributed by atoms with Gasteiger partial charge in [-0.15, -0.1) is 0 Å². The van der Waals surface area contributed by atoms with Crippen LogP contribution in [0.25, 0.3) is 0 Å². The molecule has 1 N–H and O–H groups in total. The molecule has 0 saturated heterocycles. The van der Waals surface area contributed by atoms with Gasteiger partial charge in [-0.05, 0) is 24.6 Å². The highest BCUT2D eigenvalue weighted by Gasteiger charge is 2.40. The van der Waals surface area contributed by atoms with E-state index in [0.717, 1.165) is 0 Å². The highest BCUT2D eigenvalue weighted by molar-refractivity contribution is 6.35. The van der Waals surface area contributed by atoms with E-state index >= 15 is 0 Å². The van der Waals surface area contributed by atoms with Crippen LogP contribution in [-0.2, 0) is 0 Å². The molecule has 0 aromatic heterocycles. The van der Waals surface area contributed by atoms with Gasteiger partial charge in [0, 0.05) is 5.02 Å². The van der Waals surface area contributed by atoms with Crippen molar-refractivity contribution >= 4 is 28.9 Å². The van der Waals surface area contributed by atoms with Gasteiger partial charge in [0.1, 0.15) is 0 Å². The summed E-state index contributed by atoms with van der Waals surface area (Å²) in [6.45, 7) is 0.482. The molecule has 0 spiro atoms. The monoisotopic (exact) mass is 289 g/mol. The van der Waals surface area contributed by atoms with Crippen LogP contribution >= 0.6 is 23.2 Å². The fourth-order valence-corrected chi connectivity index (χ4v) is 1.52. The maximum Gasteiger partial charge on any atom is 0.324 e. The normalized spacial score (nSPS) is 12.0. The molecule has 0 radical (unpaired) electrons. The minimum absolute atomic E-state index is 0.0996. The third kappa shape index (κ3) is 3.64. The zero-order valence-corrected chi connectivity index (χ0v) is 10.2. The molecule has 0 saturated carbocycles. The van der Waals surface area contributed by atoms with E-state index in [9.17, 15) is 17.6 Å². The van der Waals surface area contributed by atoms with Gasteiger partial charge >= 0.3 is 12.3 Å². The van der Waals surface area contributed by atoms with Crippen molar-refractivity contribution in [2.24, 2.45) is 0 Å². The van der Waals surface area contributed by atoms with Gasteiger partial charge in [0.2, 0.25) is 0 Å². The molecule has 0 unspecified atom stereocenters. The molecule has 0 amide bonds. The summed E-state index contributed by atoms with van der Waals surface area (Å²) in [7, 11) is 0. The topological polar surface area (TPSA) is 12.0 Å². The van der Waals surface area contributed by atoms with Gasteiger partial charge in [-0.2, -0.15) is 8.78 Å². The molecule has 1 aromatic carbocycles. The Morgan fingerprint density at radius 1 is 1.24 bits per heavy atom. The van der Waals surface area contributed by atoms with Crippen molar-refractivity contribution in [2.45, 2.75) is 19.3 Å². The van der Waals surface area contributed by atoms with Crippen LogP contribution in [0, 0.1) is 6.92 Å². The van der Waals surface area contributed by atoms with Crippen molar-refractivity contribution in [1.82, 2.24) is 0 Å². The number of anilines is 1. The summed E-state index contributed by atoms with van der Waals surface area (Å²) < 4.78 is 49.1. The Kier molecular flexibility index (Phi) is 4.49. The number of rotatable bonds is 4. The average Bonchev–Trinajstić information content (AvgIpc) is 2.21. The standard InChI is InChI=1S/C10H9Cl2F4N/c1-5-2-7(12)8(3-6(5)11)17-4-10(15,16)9(13)14/h2-3,9,17H,4H2,1H3. The molecule has 1 aromatic rings. The lowest BCUT2D eigenvalue weighted by molar-refractivity contribution is -0.117. The van der Waals surface area contributed by atoms with E-state index in [1.807, 2.05) is 0 Å². The minimum atomic E-state index is -4.11. The SMILES string of the molecule is Cc1cc(Cl)c(NCC(F)(F)C(F)F)cc1Cl. The summed E-state index contributed by atoms with van der Waals surface area (Å²) >= 11 is 11.5. The Balaban J connectivity index is 2.80. The number of aryl methyl sites for hydroxylation is 1. The number of hydrogen-bond donors (Lipinski definition) is 1. The van der Waals surface area contributed by atoms with Crippen molar-refractivity contribution in [3.63, 3.8) is 0 Å². The zero-order valence-electron chi connectivity index (χ0n) is 8.71. The zero-order chi connectivity index (χ0) is 13.2. The van der Waals surface area contributed by atoms with Gasteiger partial charge in [0.25, 0.3) is 0 Å². The second kappa shape index (κ2) is 5.31.